The van der Waals surface area contributed by atoms with Gasteiger partial charge in [0.15, 0.2) is 0 Å². The van der Waals surface area contributed by atoms with E-state index in [1.807, 2.05) is 0 Å². The van der Waals surface area contributed by atoms with Crippen LogP contribution in [0.2, 0.25) is 0 Å². The van der Waals surface area contributed by atoms with E-state index in [1.165, 1.54) is 4.90 Å². The molecule has 1 rings (SSSR count). The maximum Gasteiger partial charge on any atom is 0.317 e. The molecule has 1 saturated heterocycles. The van der Waals surface area contributed by atoms with Crippen molar-refractivity contribution in [1.82, 2.24) is 10.2 Å². The van der Waals surface area contributed by atoms with E-state index in [0.29, 0.717) is 19.5 Å². The van der Waals surface area contributed by atoms with Crippen LogP contribution in [0.5, 0.6) is 0 Å². The molecule has 2 N–H and O–H groups in total. The van der Waals surface area contributed by atoms with E-state index in [2.05, 4.69) is 5.32 Å². The second-order valence-electron chi connectivity index (χ2n) is 5.03. The van der Waals surface area contributed by atoms with Crippen LogP contribution in [0.4, 0.5) is 4.79 Å². The molecule has 6 nitrogen and oxygen atoms in total. The Morgan fingerprint density at radius 2 is 2.17 bits per heavy atom. The van der Waals surface area contributed by atoms with Gasteiger partial charge in [-0.15, -0.1) is 0 Å². The SMILES string of the molecule is CC(CNC(=O)N1CCC(C)(C(=O)O)C1)S(C)=O. The summed E-state index contributed by atoms with van der Waals surface area (Å²) in [5, 5.41) is 11.6. The van der Waals surface area contributed by atoms with Crippen molar-refractivity contribution < 1.29 is 18.9 Å². The molecule has 1 aliphatic rings. The zero-order chi connectivity index (χ0) is 13.9. The van der Waals surface area contributed by atoms with Crippen molar-refractivity contribution in [1.29, 1.82) is 0 Å². The summed E-state index contributed by atoms with van der Waals surface area (Å²) in [5.74, 6) is -0.874. The Labute approximate surface area is 109 Å². The van der Waals surface area contributed by atoms with Gasteiger partial charge in [-0.3, -0.25) is 9.00 Å². The first kappa shape index (κ1) is 14.9. The number of aliphatic carboxylic acids is 1. The zero-order valence-electron chi connectivity index (χ0n) is 10.9. The lowest BCUT2D eigenvalue weighted by molar-refractivity contribution is -0.146. The summed E-state index contributed by atoms with van der Waals surface area (Å²) in [6.07, 6.45) is 2.05. The third-order valence-electron chi connectivity index (χ3n) is 3.38. The van der Waals surface area contributed by atoms with Gasteiger partial charge in [-0.05, 0) is 20.3 Å². The molecule has 0 spiro atoms. The molecule has 0 aromatic heterocycles. The summed E-state index contributed by atoms with van der Waals surface area (Å²) in [7, 11) is -0.978. The van der Waals surface area contributed by atoms with Crippen molar-refractivity contribution in [2.75, 3.05) is 25.9 Å². The largest absolute Gasteiger partial charge is 0.481 e. The fourth-order valence-electron chi connectivity index (χ4n) is 1.77. The van der Waals surface area contributed by atoms with E-state index in [1.54, 1.807) is 20.1 Å². The highest BCUT2D eigenvalue weighted by Gasteiger charge is 2.42. The third kappa shape index (κ3) is 3.44. The molecule has 0 aromatic rings. The molecule has 18 heavy (non-hydrogen) atoms. The lowest BCUT2D eigenvalue weighted by Gasteiger charge is -2.21. The monoisotopic (exact) mass is 276 g/mol. The second-order valence-corrected chi connectivity index (χ2v) is 6.83. The van der Waals surface area contributed by atoms with Gasteiger partial charge < -0.3 is 15.3 Å². The van der Waals surface area contributed by atoms with Crippen molar-refractivity contribution >= 4 is 22.8 Å². The number of carboxylic acids is 1. The van der Waals surface area contributed by atoms with Crippen LogP contribution in [0.1, 0.15) is 20.3 Å². The highest BCUT2D eigenvalue weighted by atomic mass is 32.2. The minimum absolute atomic E-state index is 0.109. The minimum Gasteiger partial charge on any atom is -0.481 e. The molecule has 0 radical (unpaired) electrons. The maximum atomic E-state index is 11.8. The molecular formula is C11H20N2O4S. The molecule has 1 heterocycles. The van der Waals surface area contributed by atoms with Crippen LogP contribution >= 0.6 is 0 Å². The fraction of sp³-hybridized carbons (Fsp3) is 0.818. The number of carbonyl (C=O) groups is 2. The standard InChI is InChI=1S/C11H20N2O4S/c1-8(18(3)17)6-12-10(16)13-5-4-11(2,7-13)9(14)15/h8H,4-7H2,1-3H3,(H,12,16)(H,14,15). The smallest absolute Gasteiger partial charge is 0.317 e. The number of hydrogen-bond donors (Lipinski definition) is 2. The van der Waals surface area contributed by atoms with Crippen molar-refractivity contribution in [2.24, 2.45) is 5.41 Å². The Balaban J connectivity index is 2.46. The normalized spacial score (nSPS) is 26.7. The topological polar surface area (TPSA) is 86.7 Å². The van der Waals surface area contributed by atoms with Crippen molar-refractivity contribution in [3.8, 4) is 0 Å². The maximum absolute atomic E-state index is 11.8. The van der Waals surface area contributed by atoms with Crippen LogP contribution < -0.4 is 5.32 Å². The van der Waals surface area contributed by atoms with Crippen molar-refractivity contribution in [2.45, 2.75) is 25.5 Å². The summed E-state index contributed by atoms with van der Waals surface area (Å²) in [6, 6.07) is -0.280. The molecule has 3 unspecified atom stereocenters. The predicted octanol–water partition coefficient (Wildman–Crippen LogP) is 0.260. The predicted molar refractivity (Wildman–Crippen MR) is 68.9 cm³/mol. The van der Waals surface area contributed by atoms with E-state index < -0.39 is 22.2 Å². The van der Waals surface area contributed by atoms with E-state index in [-0.39, 0.29) is 17.8 Å². The highest BCUT2D eigenvalue weighted by molar-refractivity contribution is 7.84. The van der Waals surface area contributed by atoms with Crippen molar-refractivity contribution in [3.05, 3.63) is 0 Å². The van der Waals surface area contributed by atoms with Gasteiger partial charge >= 0.3 is 12.0 Å². The molecule has 104 valence electrons. The summed E-state index contributed by atoms with van der Waals surface area (Å²) in [6.45, 7) is 4.44. The van der Waals surface area contributed by atoms with Gasteiger partial charge in [-0.2, -0.15) is 0 Å². The van der Waals surface area contributed by atoms with Gasteiger partial charge in [0.1, 0.15) is 0 Å². The summed E-state index contributed by atoms with van der Waals surface area (Å²) in [4.78, 5) is 24.4. The van der Waals surface area contributed by atoms with E-state index >= 15 is 0 Å². The highest BCUT2D eigenvalue weighted by Crippen LogP contribution is 2.29. The van der Waals surface area contributed by atoms with Crippen LogP contribution in [0.25, 0.3) is 0 Å². The molecule has 7 heteroatoms. The number of urea groups is 1. The molecule has 1 fully saturated rings. The molecule has 3 atom stereocenters. The van der Waals surface area contributed by atoms with Crippen LogP contribution in [0.15, 0.2) is 0 Å². The Bertz CT molecular complexity index is 374. The molecule has 0 aromatic carbocycles. The number of carboxylic acid groups (broad SMARTS) is 1. The number of likely N-dealkylation sites (tertiary alicyclic amines) is 1. The lowest BCUT2D eigenvalue weighted by Crippen LogP contribution is -2.43. The minimum atomic E-state index is -0.978. The fourth-order valence-corrected chi connectivity index (χ4v) is 2.09. The van der Waals surface area contributed by atoms with Crippen LogP contribution in [0.3, 0.4) is 0 Å². The first-order valence-corrected chi connectivity index (χ1v) is 7.47. The molecule has 0 bridgehead atoms. The summed E-state index contributed by atoms with van der Waals surface area (Å²) < 4.78 is 11.1. The number of nitrogens with one attached hydrogen (secondary N) is 1. The number of rotatable bonds is 4. The van der Waals surface area contributed by atoms with Gasteiger partial charge in [0.2, 0.25) is 0 Å². The van der Waals surface area contributed by atoms with Gasteiger partial charge in [0, 0.05) is 41.9 Å². The quantitative estimate of drug-likeness (QED) is 0.771. The zero-order valence-corrected chi connectivity index (χ0v) is 11.7. The first-order valence-electron chi connectivity index (χ1n) is 5.84. The Kier molecular flexibility index (Phi) is 4.72. The summed E-state index contributed by atoms with van der Waals surface area (Å²) >= 11 is 0. The van der Waals surface area contributed by atoms with Crippen LogP contribution in [-0.2, 0) is 15.6 Å². The first-order chi connectivity index (χ1) is 8.26. The number of hydrogen-bond acceptors (Lipinski definition) is 3. The van der Waals surface area contributed by atoms with Gasteiger partial charge in [-0.25, -0.2) is 4.79 Å². The molecule has 1 aliphatic heterocycles. The Morgan fingerprint density at radius 3 is 2.61 bits per heavy atom. The Morgan fingerprint density at radius 1 is 1.56 bits per heavy atom. The average Bonchev–Trinajstić information content (AvgIpc) is 2.69. The number of nitrogens with zero attached hydrogens (tertiary/aromatic N) is 1. The molecule has 2 amide bonds. The van der Waals surface area contributed by atoms with Crippen LogP contribution in [-0.4, -0.2) is 57.4 Å². The van der Waals surface area contributed by atoms with Crippen LogP contribution in [0, 0.1) is 5.41 Å². The number of amides is 2. The Hall–Kier alpha value is -1.11. The van der Waals surface area contributed by atoms with E-state index in [9.17, 15) is 13.8 Å². The number of carbonyl (C=O) groups excluding carboxylic acids is 1. The lowest BCUT2D eigenvalue weighted by atomic mass is 9.90. The van der Waals surface area contributed by atoms with Gasteiger partial charge in [-0.1, -0.05) is 0 Å². The summed E-state index contributed by atoms with van der Waals surface area (Å²) in [5.41, 5.74) is -0.851. The molecule has 0 saturated carbocycles. The third-order valence-corrected chi connectivity index (χ3v) is 4.68. The average molecular weight is 276 g/mol. The van der Waals surface area contributed by atoms with E-state index in [0.717, 1.165) is 0 Å². The molecular weight excluding hydrogens is 256 g/mol. The van der Waals surface area contributed by atoms with Gasteiger partial charge in [0.25, 0.3) is 0 Å². The molecule has 0 aliphatic carbocycles. The van der Waals surface area contributed by atoms with Crippen molar-refractivity contribution in [3.63, 3.8) is 0 Å². The van der Waals surface area contributed by atoms with E-state index in [4.69, 9.17) is 5.11 Å². The second kappa shape index (κ2) is 5.69. The van der Waals surface area contributed by atoms with Gasteiger partial charge in [0.05, 0.1) is 5.41 Å².